The lowest BCUT2D eigenvalue weighted by Crippen LogP contribution is -2.53. The lowest BCUT2D eigenvalue weighted by atomic mass is 10.0. The molecular weight excluding hydrogens is 248 g/mol. The highest BCUT2D eigenvalue weighted by atomic mass is 35.5. The maximum absolute atomic E-state index is 6.40. The number of hydrogen-bond acceptors (Lipinski definition) is 3. The van der Waals surface area contributed by atoms with Crippen molar-refractivity contribution < 1.29 is 4.74 Å². The topological polar surface area (TPSA) is 38.5 Å². The van der Waals surface area contributed by atoms with Crippen molar-refractivity contribution in [3.8, 4) is 0 Å². The monoisotopic (exact) mass is 268 g/mol. The lowest BCUT2D eigenvalue weighted by molar-refractivity contribution is 0.0644. The molecule has 4 heteroatoms. The van der Waals surface area contributed by atoms with Crippen molar-refractivity contribution in [2.45, 2.75) is 25.8 Å². The molecule has 1 aromatic rings. The summed E-state index contributed by atoms with van der Waals surface area (Å²) in [6, 6.07) is 6.23. The second-order valence-corrected chi connectivity index (χ2v) is 5.75. The first kappa shape index (κ1) is 13.7. The van der Waals surface area contributed by atoms with E-state index in [1.54, 1.807) is 0 Å². The van der Waals surface area contributed by atoms with E-state index in [4.69, 9.17) is 22.1 Å². The second kappa shape index (κ2) is 5.47. The zero-order valence-electron chi connectivity index (χ0n) is 11.1. The maximum Gasteiger partial charge on any atom is 0.0694 e. The highest BCUT2D eigenvalue weighted by Crippen LogP contribution is 2.33. The molecule has 0 aliphatic carbocycles. The Morgan fingerprint density at radius 3 is 2.83 bits per heavy atom. The summed E-state index contributed by atoms with van der Waals surface area (Å²) >= 11 is 6.40. The summed E-state index contributed by atoms with van der Waals surface area (Å²) in [5, 5.41) is 0.802. The predicted octanol–water partition coefficient (Wildman–Crippen LogP) is 2.46. The van der Waals surface area contributed by atoms with Gasteiger partial charge in [-0.3, -0.25) is 0 Å². The van der Waals surface area contributed by atoms with Crippen molar-refractivity contribution in [1.29, 1.82) is 0 Å². The fourth-order valence-electron chi connectivity index (χ4n) is 2.40. The first-order valence-electron chi connectivity index (χ1n) is 6.38. The van der Waals surface area contributed by atoms with Gasteiger partial charge in [0.25, 0.3) is 0 Å². The van der Waals surface area contributed by atoms with Gasteiger partial charge in [-0.1, -0.05) is 17.7 Å². The minimum Gasteiger partial charge on any atom is -0.377 e. The molecule has 1 saturated heterocycles. The van der Waals surface area contributed by atoms with Crippen LogP contribution in [-0.2, 0) is 11.2 Å². The van der Waals surface area contributed by atoms with Crippen LogP contribution in [0.2, 0.25) is 5.02 Å². The number of halogens is 1. The molecule has 0 aromatic heterocycles. The van der Waals surface area contributed by atoms with Gasteiger partial charge in [0.15, 0.2) is 0 Å². The van der Waals surface area contributed by atoms with Crippen LogP contribution in [0.25, 0.3) is 0 Å². The van der Waals surface area contributed by atoms with Crippen LogP contribution in [-0.4, -0.2) is 31.8 Å². The van der Waals surface area contributed by atoms with Crippen LogP contribution in [0.5, 0.6) is 0 Å². The molecule has 100 valence electrons. The normalized spacial score (nSPS) is 19.0. The molecule has 18 heavy (non-hydrogen) atoms. The third kappa shape index (κ3) is 2.79. The molecule has 0 spiro atoms. The molecule has 1 aliphatic rings. The SMILES string of the molecule is CC1(C)COCCN1c1ccc(CCN)cc1Cl. The molecule has 0 amide bonds. The van der Waals surface area contributed by atoms with Crippen molar-refractivity contribution in [2.24, 2.45) is 5.73 Å². The number of nitrogens with zero attached hydrogens (tertiary/aromatic N) is 1. The van der Waals surface area contributed by atoms with Gasteiger partial charge in [-0.15, -0.1) is 0 Å². The fourth-order valence-corrected chi connectivity index (χ4v) is 2.70. The van der Waals surface area contributed by atoms with Crippen molar-refractivity contribution in [2.75, 3.05) is 31.2 Å². The van der Waals surface area contributed by atoms with Gasteiger partial charge < -0.3 is 15.4 Å². The van der Waals surface area contributed by atoms with Crippen LogP contribution in [0.15, 0.2) is 18.2 Å². The summed E-state index contributed by atoms with van der Waals surface area (Å²) in [7, 11) is 0. The Labute approximate surface area is 114 Å². The van der Waals surface area contributed by atoms with Gasteiger partial charge in [0.2, 0.25) is 0 Å². The van der Waals surface area contributed by atoms with E-state index in [-0.39, 0.29) is 5.54 Å². The quantitative estimate of drug-likeness (QED) is 0.915. The maximum atomic E-state index is 6.40. The zero-order chi connectivity index (χ0) is 13.2. The van der Waals surface area contributed by atoms with Gasteiger partial charge in [0, 0.05) is 6.54 Å². The standard InChI is InChI=1S/C14H21ClN2O/c1-14(2)10-18-8-7-17(14)13-4-3-11(5-6-16)9-12(13)15/h3-4,9H,5-8,10,16H2,1-2H3. The molecule has 0 radical (unpaired) electrons. The summed E-state index contributed by atoms with van der Waals surface area (Å²) in [5.41, 5.74) is 7.83. The molecule has 3 nitrogen and oxygen atoms in total. The molecule has 1 heterocycles. The van der Waals surface area contributed by atoms with Crippen molar-refractivity contribution >= 4 is 17.3 Å². The molecule has 0 atom stereocenters. The van der Waals surface area contributed by atoms with Gasteiger partial charge in [-0.25, -0.2) is 0 Å². The Balaban J connectivity index is 2.27. The first-order chi connectivity index (χ1) is 8.54. The molecule has 2 N–H and O–H groups in total. The Hall–Kier alpha value is -0.770. The van der Waals surface area contributed by atoms with E-state index >= 15 is 0 Å². The molecule has 0 bridgehead atoms. The summed E-state index contributed by atoms with van der Waals surface area (Å²) < 4.78 is 5.54. The molecule has 1 aromatic carbocycles. The predicted molar refractivity (Wildman–Crippen MR) is 76.5 cm³/mol. The Morgan fingerprint density at radius 2 is 2.22 bits per heavy atom. The van der Waals surface area contributed by atoms with Gasteiger partial charge >= 0.3 is 0 Å². The van der Waals surface area contributed by atoms with E-state index in [0.29, 0.717) is 6.54 Å². The minimum absolute atomic E-state index is 0.0166. The van der Waals surface area contributed by atoms with Crippen molar-refractivity contribution in [3.63, 3.8) is 0 Å². The average Bonchev–Trinajstić information content (AvgIpc) is 2.30. The number of nitrogens with two attached hydrogens (primary N) is 1. The van der Waals surface area contributed by atoms with Crippen molar-refractivity contribution in [1.82, 2.24) is 0 Å². The van der Waals surface area contributed by atoms with E-state index < -0.39 is 0 Å². The largest absolute Gasteiger partial charge is 0.377 e. The van der Waals surface area contributed by atoms with Gasteiger partial charge in [0.05, 0.1) is 29.5 Å². The molecular formula is C14H21ClN2O. The van der Waals surface area contributed by atoms with E-state index in [2.05, 4.69) is 30.9 Å². The Bertz CT molecular complexity index is 420. The lowest BCUT2D eigenvalue weighted by Gasteiger charge is -2.44. The third-order valence-corrected chi connectivity index (χ3v) is 3.68. The summed E-state index contributed by atoms with van der Waals surface area (Å²) in [4.78, 5) is 2.32. The number of morpholine rings is 1. The summed E-state index contributed by atoms with van der Waals surface area (Å²) in [6.45, 7) is 7.37. The fraction of sp³-hybridized carbons (Fsp3) is 0.571. The average molecular weight is 269 g/mol. The zero-order valence-corrected chi connectivity index (χ0v) is 11.8. The highest BCUT2D eigenvalue weighted by Gasteiger charge is 2.31. The molecule has 1 aliphatic heterocycles. The summed E-state index contributed by atoms with van der Waals surface area (Å²) in [6.07, 6.45) is 0.868. The van der Waals surface area contributed by atoms with Gasteiger partial charge in [0.1, 0.15) is 0 Å². The third-order valence-electron chi connectivity index (χ3n) is 3.38. The van der Waals surface area contributed by atoms with E-state index in [0.717, 1.165) is 36.9 Å². The number of ether oxygens (including phenoxy) is 1. The number of benzene rings is 1. The van der Waals surface area contributed by atoms with Crippen LogP contribution in [0.1, 0.15) is 19.4 Å². The van der Waals surface area contributed by atoms with E-state index in [1.165, 1.54) is 5.56 Å². The van der Waals surface area contributed by atoms with E-state index in [1.807, 2.05) is 6.07 Å². The second-order valence-electron chi connectivity index (χ2n) is 5.34. The van der Waals surface area contributed by atoms with Gasteiger partial charge in [-0.2, -0.15) is 0 Å². The van der Waals surface area contributed by atoms with Crippen LogP contribution >= 0.6 is 11.6 Å². The van der Waals surface area contributed by atoms with Crippen LogP contribution in [0.3, 0.4) is 0 Å². The molecule has 0 unspecified atom stereocenters. The van der Waals surface area contributed by atoms with Crippen molar-refractivity contribution in [3.05, 3.63) is 28.8 Å². The Kier molecular flexibility index (Phi) is 4.15. The van der Waals surface area contributed by atoms with Crippen LogP contribution in [0.4, 0.5) is 5.69 Å². The Morgan fingerprint density at radius 1 is 1.44 bits per heavy atom. The first-order valence-corrected chi connectivity index (χ1v) is 6.76. The number of hydrogen-bond donors (Lipinski definition) is 1. The van der Waals surface area contributed by atoms with Crippen LogP contribution in [0, 0.1) is 0 Å². The number of anilines is 1. The van der Waals surface area contributed by atoms with Crippen LogP contribution < -0.4 is 10.6 Å². The molecule has 2 rings (SSSR count). The smallest absolute Gasteiger partial charge is 0.0694 e. The molecule has 0 saturated carbocycles. The highest BCUT2D eigenvalue weighted by molar-refractivity contribution is 6.33. The summed E-state index contributed by atoms with van der Waals surface area (Å²) in [5.74, 6) is 0. The minimum atomic E-state index is -0.0166. The van der Waals surface area contributed by atoms with E-state index in [9.17, 15) is 0 Å². The number of rotatable bonds is 3. The molecule has 1 fully saturated rings. The van der Waals surface area contributed by atoms with Gasteiger partial charge in [-0.05, 0) is 44.5 Å².